The summed E-state index contributed by atoms with van der Waals surface area (Å²) in [4.78, 5) is 9.00. The number of fused-ring (bicyclic) bond motifs is 3. The zero-order chi connectivity index (χ0) is 18.4. The highest BCUT2D eigenvalue weighted by Crippen LogP contribution is 2.38. The Bertz CT molecular complexity index is 1150. The van der Waals surface area contributed by atoms with E-state index in [1.807, 2.05) is 12.1 Å². The maximum Gasteiger partial charge on any atom is 0.227 e. The van der Waals surface area contributed by atoms with Crippen LogP contribution in [-0.4, -0.2) is 17.6 Å². The van der Waals surface area contributed by atoms with Crippen molar-refractivity contribution >= 4 is 33.4 Å². The Labute approximate surface area is 158 Å². The molecule has 0 aliphatic carbocycles. The molecule has 0 saturated carbocycles. The summed E-state index contributed by atoms with van der Waals surface area (Å²) in [6.45, 7) is 5.27. The van der Waals surface area contributed by atoms with Crippen LogP contribution in [0.1, 0.15) is 12.5 Å². The van der Waals surface area contributed by atoms with E-state index in [1.165, 1.54) is 11.3 Å². The van der Waals surface area contributed by atoms with E-state index in [4.69, 9.17) is 4.42 Å². The molecule has 4 aromatic rings. The van der Waals surface area contributed by atoms with Crippen LogP contribution in [0.2, 0.25) is 0 Å². The molecule has 134 valence electrons. The minimum atomic E-state index is 0.342. The molecule has 0 spiro atoms. The molecule has 1 aliphatic heterocycles. The zero-order valence-electron chi connectivity index (χ0n) is 15.5. The number of rotatable bonds is 2. The van der Waals surface area contributed by atoms with Crippen molar-refractivity contribution in [3.8, 4) is 0 Å². The van der Waals surface area contributed by atoms with E-state index in [2.05, 4.69) is 83.5 Å². The number of furan rings is 1. The van der Waals surface area contributed by atoms with E-state index < -0.39 is 0 Å². The summed E-state index contributed by atoms with van der Waals surface area (Å²) in [5.74, 6) is 0. The Morgan fingerprint density at radius 1 is 0.963 bits per heavy atom. The molecule has 5 rings (SSSR count). The molecule has 4 nitrogen and oxygen atoms in total. The number of benzene rings is 2. The van der Waals surface area contributed by atoms with Gasteiger partial charge in [0.25, 0.3) is 0 Å². The lowest BCUT2D eigenvalue weighted by atomic mass is 10.1. The van der Waals surface area contributed by atoms with Gasteiger partial charge in [0.15, 0.2) is 5.58 Å². The Balaban J connectivity index is 1.61. The second kappa shape index (κ2) is 6.16. The van der Waals surface area contributed by atoms with Gasteiger partial charge in [-0.1, -0.05) is 30.3 Å². The fourth-order valence-corrected chi connectivity index (χ4v) is 3.95. The number of hydrogen-bond acceptors (Lipinski definition) is 4. The molecular formula is C23H21N3O. The molecule has 1 aliphatic rings. The topological polar surface area (TPSA) is 32.5 Å². The van der Waals surface area contributed by atoms with Crippen molar-refractivity contribution in [2.75, 3.05) is 16.3 Å². The standard InChI is InChI=1S/C23H21N3O/c1-16-10-11-19-20-9-6-12-24-23(20)27-22(19)21(16)25-13-14-26(17(2)15-25)18-7-4-3-5-8-18/h3-14,17H,15H2,1-2H3/t17-/m1/s1. The van der Waals surface area contributed by atoms with Crippen molar-refractivity contribution in [1.82, 2.24) is 4.98 Å². The lowest BCUT2D eigenvalue weighted by molar-refractivity contribution is 0.643. The predicted molar refractivity (Wildman–Crippen MR) is 111 cm³/mol. The summed E-state index contributed by atoms with van der Waals surface area (Å²) in [6.07, 6.45) is 6.08. The van der Waals surface area contributed by atoms with Crippen LogP contribution in [0.25, 0.3) is 22.1 Å². The second-order valence-electron chi connectivity index (χ2n) is 7.11. The third-order valence-corrected chi connectivity index (χ3v) is 5.28. The van der Waals surface area contributed by atoms with Gasteiger partial charge >= 0.3 is 0 Å². The molecule has 0 fully saturated rings. The number of para-hydroxylation sites is 1. The number of hydrogen-bond donors (Lipinski definition) is 0. The van der Waals surface area contributed by atoms with Crippen molar-refractivity contribution in [2.45, 2.75) is 19.9 Å². The van der Waals surface area contributed by atoms with E-state index in [-0.39, 0.29) is 0 Å². The summed E-state index contributed by atoms with van der Waals surface area (Å²) in [7, 11) is 0. The van der Waals surface area contributed by atoms with Crippen molar-refractivity contribution in [1.29, 1.82) is 0 Å². The molecular weight excluding hydrogens is 334 g/mol. The van der Waals surface area contributed by atoms with Gasteiger partial charge < -0.3 is 14.2 Å². The summed E-state index contributed by atoms with van der Waals surface area (Å²) in [6, 6.07) is 19.2. The average Bonchev–Trinajstić information content (AvgIpc) is 3.07. The fourth-order valence-electron chi connectivity index (χ4n) is 3.95. The molecule has 2 aromatic carbocycles. The number of anilines is 2. The number of pyridine rings is 1. The average molecular weight is 355 g/mol. The van der Waals surface area contributed by atoms with Crippen molar-refractivity contribution in [3.05, 3.63) is 78.8 Å². The molecule has 1 atom stereocenters. The molecule has 0 amide bonds. The molecule has 4 heteroatoms. The van der Waals surface area contributed by atoms with Crippen LogP contribution >= 0.6 is 0 Å². The number of aromatic nitrogens is 1. The zero-order valence-corrected chi connectivity index (χ0v) is 15.5. The smallest absolute Gasteiger partial charge is 0.227 e. The van der Waals surface area contributed by atoms with Gasteiger partial charge in [-0.25, -0.2) is 4.98 Å². The van der Waals surface area contributed by atoms with Gasteiger partial charge in [-0.05, 0) is 43.7 Å². The molecule has 0 bridgehead atoms. The fraction of sp³-hybridized carbons (Fsp3) is 0.174. The van der Waals surface area contributed by atoms with Gasteiger partial charge in [0.2, 0.25) is 5.71 Å². The summed E-state index contributed by atoms with van der Waals surface area (Å²) >= 11 is 0. The minimum absolute atomic E-state index is 0.342. The van der Waals surface area contributed by atoms with Gasteiger partial charge in [0.05, 0.1) is 5.69 Å². The van der Waals surface area contributed by atoms with E-state index in [0.29, 0.717) is 11.8 Å². The second-order valence-corrected chi connectivity index (χ2v) is 7.11. The quantitative estimate of drug-likeness (QED) is 0.477. The van der Waals surface area contributed by atoms with Gasteiger partial charge in [0.1, 0.15) is 0 Å². The highest BCUT2D eigenvalue weighted by molar-refractivity contribution is 6.08. The maximum atomic E-state index is 6.16. The predicted octanol–water partition coefficient (Wildman–Crippen LogP) is 5.48. The minimum Gasteiger partial charge on any atom is -0.435 e. The monoisotopic (exact) mass is 355 g/mol. The Morgan fingerprint density at radius 2 is 1.81 bits per heavy atom. The van der Waals surface area contributed by atoms with Gasteiger partial charge in [-0.15, -0.1) is 0 Å². The van der Waals surface area contributed by atoms with E-state index >= 15 is 0 Å². The van der Waals surface area contributed by atoms with Crippen LogP contribution < -0.4 is 9.80 Å². The summed E-state index contributed by atoms with van der Waals surface area (Å²) < 4.78 is 6.16. The first-order valence-electron chi connectivity index (χ1n) is 9.27. The molecule has 2 aromatic heterocycles. The van der Waals surface area contributed by atoms with Crippen molar-refractivity contribution < 1.29 is 4.42 Å². The van der Waals surface area contributed by atoms with E-state index in [9.17, 15) is 0 Å². The first-order chi connectivity index (χ1) is 13.2. The Kier molecular flexibility index (Phi) is 3.64. The van der Waals surface area contributed by atoms with E-state index in [0.717, 1.165) is 28.6 Å². The van der Waals surface area contributed by atoms with Gasteiger partial charge in [0, 0.05) is 47.6 Å². The van der Waals surface area contributed by atoms with Crippen LogP contribution in [0.4, 0.5) is 11.4 Å². The van der Waals surface area contributed by atoms with E-state index in [1.54, 1.807) is 6.20 Å². The van der Waals surface area contributed by atoms with Crippen molar-refractivity contribution in [3.63, 3.8) is 0 Å². The van der Waals surface area contributed by atoms with Gasteiger partial charge in [-0.2, -0.15) is 0 Å². The first-order valence-corrected chi connectivity index (χ1v) is 9.27. The molecule has 0 unspecified atom stereocenters. The van der Waals surface area contributed by atoms with Crippen LogP contribution in [-0.2, 0) is 0 Å². The normalized spacial score (nSPS) is 17.2. The Morgan fingerprint density at radius 3 is 2.63 bits per heavy atom. The van der Waals surface area contributed by atoms with Gasteiger partial charge in [-0.3, -0.25) is 0 Å². The summed E-state index contributed by atoms with van der Waals surface area (Å²) in [5, 5.41) is 2.18. The third kappa shape index (κ3) is 2.56. The van der Waals surface area contributed by atoms with Crippen molar-refractivity contribution in [2.24, 2.45) is 0 Å². The molecule has 3 heterocycles. The van der Waals surface area contributed by atoms with Crippen LogP contribution in [0.5, 0.6) is 0 Å². The van der Waals surface area contributed by atoms with Crippen LogP contribution in [0.15, 0.2) is 77.6 Å². The maximum absolute atomic E-state index is 6.16. The third-order valence-electron chi connectivity index (χ3n) is 5.28. The lowest BCUT2D eigenvalue weighted by Gasteiger charge is -2.37. The van der Waals surface area contributed by atoms with Crippen LogP contribution in [0.3, 0.4) is 0 Å². The molecule has 0 radical (unpaired) electrons. The number of nitrogens with zero attached hydrogens (tertiary/aromatic N) is 3. The highest BCUT2D eigenvalue weighted by Gasteiger charge is 2.24. The Hall–Kier alpha value is -3.27. The molecule has 0 N–H and O–H groups in total. The SMILES string of the molecule is Cc1ccc2c(oc3ncccc32)c1N1C=CN(c2ccccc2)[C@H](C)C1. The largest absolute Gasteiger partial charge is 0.435 e. The summed E-state index contributed by atoms with van der Waals surface area (Å²) in [5.41, 5.74) is 5.14. The number of aryl methyl sites for hydroxylation is 1. The first kappa shape index (κ1) is 15.9. The molecule has 0 saturated heterocycles. The van der Waals surface area contributed by atoms with Crippen LogP contribution in [0, 0.1) is 6.92 Å². The lowest BCUT2D eigenvalue weighted by Crippen LogP contribution is -2.42. The highest BCUT2D eigenvalue weighted by atomic mass is 16.3. The molecule has 27 heavy (non-hydrogen) atoms.